The first-order valence-corrected chi connectivity index (χ1v) is 6.16. The number of amides is 2. The first kappa shape index (κ1) is 15.2. The van der Waals surface area contributed by atoms with Crippen LogP contribution in [0.4, 0.5) is 14.9 Å². The van der Waals surface area contributed by atoms with Gasteiger partial charge in [-0.15, -0.1) is 0 Å². The molecule has 0 aliphatic rings. The van der Waals surface area contributed by atoms with Crippen LogP contribution in [-0.2, 0) is 0 Å². The van der Waals surface area contributed by atoms with E-state index < -0.39 is 12.7 Å². The number of benzene rings is 1. The molecule has 1 atom stereocenters. The van der Waals surface area contributed by atoms with Crippen molar-refractivity contribution in [1.82, 2.24) is 5.32 Å². The molecule has 0 heterocycles. The largest absolute Gasteiger partial charge is 0.491 e. The van der Waals surface area contributed by atoms with Crippen LogP contribution in [0.1, 0.15) is 13.3 Å². The number of rotatable bonds is 7. The van der Waals surface area contributed by atoms with E-state index >= 15 is 0 Å². The molecule has 1 unspecified atom stereocenters. The van der Waals surface area contributed by atoms with Gasteiger partial charge in [0.25, 0.3) is 0 Å². The summed E-state index contributed by atoms with van der Waals surface area (Å²) in [4.78, 5) is 11.6. The molecule has 0 bridgehead atoms. The number of anilines is 1. The molecule has 3 N–H and O–H groups in total. The summed E-state index contributed by atoms with van der Waals surface area (Å²) in [6.45, 7) is 1.18. The van der Waals surface area contributed by atoms with E-state index in [2.05, 4.69) is 10.6 Å². The Labute approximate surface area is 111 Å². The average molecular weight is 270 g/mol. The van der Waals surface area contributed by atoms with Crippen LogP contribution in [0.2, 0.25) is 0 Å². The third-order valence-electron chi connectivity index (χ3n) is 2.49. The number of carbonyl (C=O) groups excluding carboxylic acids is 1. The minimum atomic E-state index is -0.563. The van der Waals surface area contributed by atoms with Gasteiger partial charge in [0, 0.05) is 11.8 Å². The van der Waals surface area contributed by atoms with E-state index in [-0.39, 0.29) is 19.3 Å². The van der Waals surface area contributed by atoms with Gasteiger partial charge in [0.15, 0.2) is 0 Å². The number of aliphatic hydroxyl groups is 1. The highest BCUT2D eigenvalue weighted by molar-refractivity contribution is 5.89. The van der Waals surface area contributed by atoms with Gasteiger partial charge in [-0.25, -0.2) is 9.18 Å². The van der Waals surface area contributed by atoms with Crippen molar-refractivity contribution in [2.24, 2.45) is 0 Å². The zero-order valence-electron chi connectivity index (χ0n) is 10.9. The van der Waals surface area contributed by atoms with Crippen LogP contribution in [0.3, 0.4) is 0 Å². The second-order valence-corrected chi connectivity index (χ2v) is 3.95. The number of aliphatic hydroxyl groups excluding tert-OH is 1. The van der Waals surface area contributed by atoms with Crippen molar-refractivity contribution in [1.29, 1.82) is 0 Å². The van der Waals surface area contributed by atoms with Gasteiger partial charge in [-0.1, -0.05) is 13.0 Å². The molecule has 6 heteroatoms. The van der Waals surface area contributed by atoms with Crippen molar-refractivity contribution in [2.45, 2.75) is 19.4 Å². The molecule has 0 spiro atoms. The molecular formula is C13H19FN2O3. The van der Waals surface area contributed by atoms with Crippen LogP contribution in [0.5, 0.6) is 5.75 Å². The number of urea groups is 1. The number of hydrogen-bond acceptors (Lipinski definition) is 3. The van der Waals surface area contributed by atoms with E-state index in [1.54, 1.807) is 24.3 Å². The smallest absolute Gasteiger partial charge is 0.319 e. The average Bonchev–Trinajstić information content (AvgIpc) is 2.43. The molecule has 0 saturated carbocycles. The fraction of sp³-hybridized carbons (Fsp3) is 0.462. The summed E-state index contributed by atoms with van der Waals surface area (Å²) in [5.74, 6) is 0.490. The Morgan fingerprint density at radius 1 is 1.53 bits per heavy atom. The second kappa shape index (κ2) is 8.31. The molecule has 0 fully saturated rings. The zero-order chi connectivity index (χ0) is 14.1. The van der Waals surface area contributed by atoms with Gasteiger partial charge in [-0.2, -0.15) is 0 Å². The summed E-state index contributed by atoms with van der Waals surface area (Å²) in [6, 6.07) is 6.01. The molecule has 19 heavy (non-hydrogen) atoms. The lowest BCUT2D eigenvalue weighted by Crippen LogP contribution is -2.39. The fourth-order valence-electron chi connectivity index (χ4n) is 1.45. The zero-order valence-corrected chi connectivity index (χ0v) is 10.9. The molecule has 0 aromatic heterocycles. The van der Waals surface area contributed by atoms with Crippen LogP contribution in [-0.4, -0.2) is 37.1 Å². The number of hydrogen-bond donors (Lipinski definition) is 3. The van der Waals surface area contributed by atoms with Crippen molar-refractivity contribution in [3.8, 4) is 5.75 Å². The molecule has 0 radical (unpaired) electrons. The third kappa shape index (κ3) is 5.56. The van der Waals surface area contributed by atoms with E-state index in [4.69, 9.17) is 9.84 Å². The Morgan fingerprint density at radius 2 is 2.32 bits per heavy atom. The number of carbonyl (C=O) groups is 1. The van der Waals surface area contributed by atoms with Crippen LogP contribution in [0, 0.1) is 0 Å². The van der Waals surface area contributed by atoms with Gasteiger partial charge in [0.1, 0.15) is 19.0 Å². The van der Waals surface area contributed by atoms with E-state index in [1.807, 2.05) is 6.92 Å². The fourth-order valence-corrected chi connectivity index (χ4v) is 1.45. The Morgan fingerprint density at radius 3 is 2.95 bits per heavy atom. The maximum absolute atomic E-state index is 12.0. The van der Waals surface area contributed by atoms with Crippen LogP contribution >= 0.6 is 0 Å². The molecule has 106 valence electrons. The summed E-state index contributed by atoms with van der Waals surface area (Å²) < 4.78 is 17.1. The Bertz CT molecular complexity index is 397. The minimum Gasteiger partial charge on any atom is -0.491 e. The Kier molecular flexibility index (Phi) is 6.67. The standard InChI is InChI=1S/C13H19FN2O3/c1-2-10(9-17)15-13(18)16-11-4-3-5-12(8-11)19-7-6-14/h3-5,8,10,17H,2,6-7,9H2,1H3,(H2,15,16,18). The highest BCUT2D eigenvalue weighted by atomic mass is 19.1. The number of alkyl halides is 1. The SMILES string of the molecule is CCC(CO)NC(=O)Nc1cccc(OCCF)c1. The van der Waals surface area contributed by atoms with Gasteiger partial charge < -0.3 is 20.5 Å². The van der Waals surface area contributed by atoms with E-state index in [9.17, 15) is 9.18 Å². The van der Waals surface area contributed by atoms with Gasteiger partial charge in [-0.3, -0.25) is 0 Å². The summed E-state index contributed by atoms with van der Waals surface area (Å²) in [5.41, 5.74) is 0.543. The molecule has 0 aliphatic carbocycles. The lowest BCUT2D eigenvalue weighted by Gasteiger charge is -2.15. The molecule has 0 saturated heterocycles. The van der Waals surface area contributed by atoms with Crippen molar-refractivity contribution in [2.75, 3.05) is 25.2 Å². The summed E-state index contributed by atoms with van der Waals surface area (Å²) in [7, 11) is 0. The maximum Gasteiger partial charge on any atom is 0.319 e. The Hall–Kier alpha value is -1.82. The first-order chi connectivity index (χ1) is 9.19. The van der Waals surface area contributed by atoms with E-state index in [1.165, 1.54) is 0 Å². The number of ether oxygens (including phenoxy) is 1. The maximum atomic E-state index is 12.0. The third-order valence-corrected chi connectivity index (χ3v) is 2.49. The van der Waals surface area contributed by atoms with Gasteiger partial charge in [0.2, 0.25) is 0 Å². The molecule has 0 aliphatic heterocycles. The second-order valence-electron chi connectivity index (χ2n) is 3.95. The van der Waals surface area contributed by atoms with Crippen LogP contribution in [0.15, 0.2) is 24.3 Å². The first-order valence-electron chi connectivity index (χ1n) is 6.16. The minimum absolute atomic E-state index is 0.0158. The van der Waals surface area contributed by atoms with E-state index in [0.717, 1.165) is 0 Å². The predicted molar refractivity (Wildman–Crippen MR) is 71.2 cm³/mol. The molecule has 2 amide bonds. The summed E-state index contributed by atoms with van der Waals surface area (Å²) in [5, 5.41) is 14.2. The van der Waals surface area contributed by atoms with Crippen molar-refractivity contribution < 1.29 is 19.0 Å². The van der Waals surface area contributed by atoms with Crippen LogP contribution < -0.4 is 15.4 Å². The lowest BCUT2D eigenvalue weighted by atomic mass is 10.2. The number of halogens is 1. The van der Waals surface area contributed by atoms with Gasteiger partial charge in [-0.05, 0) is 18.6 Å². The molecule has 5 nitrogen and oxygen atoms in total. The highest BCUT2D eigenvalue weighted by Gasteiger charge is 2.09. The summed E-state index contributed by atoms with van der Waals surface area (Å²) in [6.07, 6.45) is 0.642. The van der Waals surface area contributed by atoms with Gasteiger partial charge >= 0.3 is 6.03 Å². The topological polar surface area (TPSA) is 70.6 Å². The van der Waals surface area contributed by atoms with Crippen molar-refractivity contribution >= 4 is 11.7 Å². The van der Waals surface area contributed by atoms with Crippen molar-refractivity contribution in [3.05, 3.63) is 24.3 Å². The predicted octanol–water partition coefficient (Wildman–Crippen LogP) is 1.93. The van der Waals surface area contributed by atoms with Gasteiger partial charge in [0.05, 0.1) is 12.6 Å². The highest BCUT2D eigenvalue weighted by Crippen LogP contribution is 2.17. The molecular weight excluding hydrogens is 251 g/mol. The molecule has 1 aromatic carbocycles. The molecule has 1 aromatic rings. The quantitative estimate of drug-likeness (QED) is 0.709. The monoisotopic (exact) mass is 270 g/mol. The van der Waals surface area contributed by atoms with Crippen molar-refractivity contribution in [3.63, 3.8) is 0 Å². The lowest BCUT2D eigenvalue weighted by molar-refractivity contribution is 0.222. The molecule has 1 rings (SSSR count). The number of nitrogens with one attached hydrogen (secondary N) is 2. The van der Waals surface area contributed by atoms with E-state index in [0.29, 0.717) is 17.9 Å². The normalized spacial score (nSPS) is 11.7. The Balaban J connectivity index is 2.53. The summed E-state index contributed by atoms with van der Waals surface area (Å²) >= 11 is 0. The van der Waals surface area contributed by atoms with Crippen LogP contribution in [0.25, 0.3) is 0 Å².